The van der Waals surface area contributed by atoms with Crippen molar-refractivity contribution in [3.63, 3.8) is 0 Å². The highest BCUT2D eigenvalue weighted by molar-refractivity contribution is 6.06. The molecule has 2 nitrogen and oxygen atoms in total. The molecule has 7 atom stereocenters. The van der Waals surface area contributed by atoms with Crippen molar-refractivity contribution < 1.29 is 4.42 Å². The van der Waals surface area contributed by atoms with Crippen LogP contribution in [0.2, 0.25) is 0 Å². The molecule has 6 aromatic carbocycles. The molecule has 0 saturated heterocycles. The second-order valence-corrected chi connectivity index (χ2v) is 18.6. The van der Waals surface area contributed by atoms with E-state index in [4.69, 9.17) is 4.42 Å². The maximum Gasteiger partial charge on any atom is 0.137 e. The molecule has 276 valence electrons. The van der Waals surface area contributed by atoms with Crippen molar-refractivity contribution in [1.82, 2.24) is 0 Å². The monoisotopic (exact) mass is 727 g/mol. The molecule has 7 unspecified atom stereocenters. The number of hydrogen-bond acceptors (Lipinski definition) is 2. The van der Waals surface area contributed by atoms with Crippen molar-refractivity contribution >= 4 is 39.0 Å². The lowest BCUT2D eigenvalue weighted by atomic mass is 9.50. The highest BCUT2D eigenvalue weighted by Gasteiger charge is 2.58. The molecule has 6 aliphatic carbocycles. The van der Waals surface area contributed by atoms with Gasteiger partial charge in [-0.05, 0) is 143 Å². The summed E-state index contributed by atoms with van der Waals surface area (Å²) in [4.78, 5) is 2.62. The van der Waals surface area contributed by atoms with Crippen LogP contribution in [-0.4, -0.2) is 0 Å². The summed E-state index contributed by atoms with van der Waals surface area (Å²) < 4.78 is 6.63. The first-order chi connectivity index (χ1) is 27.7. The van der Waals surface area contributed by atoms with Crippen LogP contribution >= 0.6 is 0 Å². The Labute approximate surface area is 330 Å². The van der Waals surface area contributed by atoms with Gasteiger partial charge < -0.3 is 9.32 Å². The molecule has 0 N–H and O–H groups in total. The summed E-state index contributed by atoms with van der Waals surface area (Å²) in [6, 6.07) is 49.4. The van der Waals surface area contributed by atoms with E-state index in [1.165, 1.54) is 109 Å². The third kappa shape index (κ3) is 3.98. The molecule has 1 aromatic heterocycles. The molecule has 13 rings (SSSR count). The number of anilines is 3. The number of hydrogen-bond donors (Lipinski definition) is 0. The van der Waals surface area contributed by atoms with E-state index in [1.54, 1.807) is 22.3 Å². The molecule has 56 heavy (non-hydrogen) atoms. The third-order valence-corrected chi connectivity index (χ3v) is 16.5. The van der Waals surface area contributed by atoms with E-state index < -0.39 is 0 Å². The molecule has 7 aromatic rings. The number of furan rings is 1. The zero-order valence-corrected chi connectivity index (χ0v) is 32.4. The Bertz CT molecular complexity index is 2750. The number of fused-ring (bicyclic) bond motifs is 19. The Kier molecular flexibility index (Phi) is 6.58. The normalized spacial score (nSPS) is 28.9. The quantitative estimate of drug-likeness (QED) is 0.179. The van der Waals surface area contributed by atoms with Gasteiger partial charge in [0.05, 0.1) is 5.69 Å². The maximum atomic E-state index is 6.63. The van der Waals surface area contributed by atoms with Crippen LogP contribution in [0.4, 0.5) is 17.1 Å². The lowest BCUT2D eigenvalue weighted by molar-refractivity contribution is 0.0557. The van der Waals surface area contributed by atoms with Crippen LogP contribution in [0.3, 0.4) is 0 Å². The second kappa shape index (κ2) is 11.5. The SMILES string of the molecule is CCC1CC2CCCC(C2)C12c1ccccc1-c1ccc(N(c3ccc4c(c3)oc3ccccc34)c3cccc4c3-c3ccccc3C43CC4CCC3C4)cc12. The fourth-order valence-electron chi connectivity index (χ4n) is 14.6. The van der Waals surface area contributed by atoms with Gasteiger partial charge in [-0.3, -0.25) is 0 Å². The molecule has 4 fully saturated rings. The van der Waals surface area contributed by atoms with E-state index in [0.29, 0.717) is 11.8 Å². The smallest absolute Gasteiger partial charge is 0.137 e. The molecule has 2 spiro atoms. The highest BCUT2D eigenvalue weighted by atomic mass is 16.3. The summed E-state index contributed by atoms with van der Waals surface area (Å²) in [5.41, 5.74) is 17.9. The van der Waals surface area contributed by atoms with E-state index in [1.807, 2.05) is 0 Å². The van der Waals surface area contributed by atoms with Crippen LogP contribution in [0.5, 0.6) is 0 Å². The van der Waals surface area contributed by atoms with Gasteiger partial charge in [0, 0.05) is 44.6 Å². The van der Waals surface area contributed by atoms with Crippen LogP contribution in [0, 0.1) is 29.6 Å². The van der Waals surface area contributed by atoms with E-state index in [-0.39, 0.29) is 10.8 Å². The van der Waals surface area contributed by atoms with E-state index >= 15 is 0 Å². The van der Waals surface area contributed by atoms with Gasteiger partial charge in [-0.2, -0.15) is 0 Å². The van der Waals surface area contributed by atoms with Crippen LogP contribution < -0.4 is 4.90 Å². The summed E-state index contributed by atoms with van der Waals surface area (Å²) in [5.74, 6) is 3.77. The van der Waals surface area contributed by atoms with Crippen molar-refractivity contribution in [1.29, 1.82) is 0 Å². The van der Waals surface area contributed by atoms with E-state index in [9.17, 15) is 0 Å². The number of nitrogens with zero attached hydrogens (tertiary/aromatic N) is 1. The topological polar surface area (TPSA) is 16.4 Å². The number of benzene rings is 6. The van der Waals surface area contributed by atoms with Crippen LogP contribution in [0.15, 0.2) is 132 Å². The van der Waals surface area contributed by atoms with E-state index in [2.05, 4.69) is 139 Å². The molecule has 0 amide bonds. The summed E-state index contributed by atoms with van der Waals surface area (Å²) in [5, 5.41) is 2.36. The first-order valence-electron chi connectivity index (χ1n) is 21.9. The number of rotatable bonds is 4. The van der Waals surface area contributed by atoms with Crippen molar-refractivity contribution in [3.05, 3.63) is 150 Å². The van der Waals surface area contributed by atoms with E-state index in [0.717, 1.165) is 34.6 Å². The minimum atomic E-state index is 0.0559. The van der Waals surface area contributed by atoms with Crippen LogP contribution in [-0.2, 0) is 10.8 Å². The summed E-state index contributed by atoms with van der Waals surface area (Å²) in [6.45, 7) is 2.48. The van der Waals surface area contributed by atoms with Gasteiger partial charge in [-0.25, -0.2) is 0 Å². The van der Waals surface area contributed by atoms with Crippen molar-refractivity contribution in [2.45, 2.75) is 82.0 Å². The molecule has 1 heterocycles. The fraction of sp³-hybridized carbons (Fsp3) is 0.333. The lowest BCUT2D eigenvalue weighted by Crippen LogP contribution is -2.48. The Hall–Kier alpha value is -5.08. The zero-order chi connectivity index (χ0) is 36.8. The van der Waals surface area contributed by atoms with Crippen LogP contribution in [0.25, 0.3) is 44.2 Å². The molecule has 0 aliphatic heterocycles. The molecule has 6 aliphatic rings. The van der Waals surface area contributed by atoms with Gasteiger partial charge in [0.25, 0.3) is 0 Å². The Morgan fingerprint density at radius 2 is 1.32 bits per heavy atom. The molecule has 4 bridgehead atoms. The van der Waals surface area contributed by atoms with Gasteiger partial charge in [0.1, 0.15) is 11.2 Å². The average molecular weight is 728 g/mol. The summed E-state index contributed by atoms with van der Waals surface area (Å²) >= 11 is 0. The summed E-state index contributed by atoms with van der Waals surface area (Å²) in [7, 11) is 0. The largest absolute Gasteiger partial charge is 0.456 e. The van der Waals surface area contributed by atoms with Gasteiger partial charge in [0.2, 0.25) is 0 Å². The first-order valence-corrected chi connectivity index (χ1v) is 21.9. The molecule has 4 saturated carbocycles. The van der Waals surface area contributed by atoms with Gasteiger partial charge in [-0.15, -0.1) is 0 Å². The minimum Gasteiger partial charge on any atom is -0.456 e. The van der Waals surface area contributed by atoms with Crippen molar-refractivity contribution in [3.8, 4) is 22.3 Å². The predicted molar refractivity (Wildman–Crippen MR) is 230 cm³/mol. The first kappa shape index (κ1) is 32.1. The molecule has 0 radical (unpaired) electrons. The Balaban J connectivity index is 1.08. The van der Waals surface area contributed by atoms with Crippen molar-refractivity contribution in [2.24, 2.45) is 29.6 Å². The lowest BCUT2D eigenvalue weighted by Gasteiger charge is -2.54. The molecule has 2 heteroatoms. The molecular weight excluding hydrogens is 679 g/mol. The Morgan fingerprint density at radius 3 is 2.20 bits per heavy atom. The van der Waals surface area contributed by atoms with Crippen LogP contribution in [0.1, 0.15) is 93.4 Å². The second-order valence-electron chi connectivity index (χ2n) is 18.6. The standard InChI is InChI=1S/C54H49NO/c1-2-35-27-33-11-9-12-37(28-33)54(35)46-17-7-3-13-40(46)41-25-23-38(30-48(41)54)55(39-24-26-43-42-14-5-8-20-50(42)56-51(43)31-39)49-19-10-18-47-52(49)44-15-4-6-16-45(44)53(47)32-34-21-22-36(53)29-34/h3-8,10,13-20,23-26,30-31,33-37H,2,9,11-12,21-22,27-29,32H2,1H3. The summed E-state index contributed by atoms with van der Waals surface area (Å²) in [6.07, 6.45) is 13.5. The maximum absolute atomic E-state index is 6.63. The van der Waals surface area contributed by atoms with Crippen molar-refractivity contribution in [2.75, 3.05) is 4.90 Å². The minimum absolute atomic E-state index is 0.0559. The third-order valence-electron chi connectivity index (χ3n) is 16.5. The number of para-hydroxylation sites is 1. The van der Waals surface area contributed by atoms with Gasteiger partial charge >= 0.3 is 0 Å². The van der Waals surface area contributed by atoms with Gasteiger partial charge in [-0.1, -0.05) is 118 Å². The molecular formula is C54H49NO. The Morgan fingerprint density at radius 1 is 0.571 bits per heavy atom. The average Bonchev–Trinajstić information content (AvgIpc) is 4.06. The van der Waals surface area contributed by atoms with Gasteiger partial charge in [0.15, 0.2) is 0 Å². The highest BCUT2D eigenvalue weighted by Crippen LogP contribution is 2.68. The predicted octanol–water partition coefficient (Wildman–Crippen LogP) is 14.6. The zero-order valence-electron chi connectivity index (χ0n) is 32.4. The fourth-order valence-corrected chi connectivity index (χ4v) is 14.6.